The highest BCUT2D eigenvalue weighted by atomic mass is 16.5. The summed E-state index contributed by atoms with van der Waals surface area (Å²) in [6.45, 7) is 5.00. The fraction of sp³-hybridized carbons (Fsp3) is 0.348. The van der Waals surface area contributed by atoms with Crippen LogP contribution in [0.5, 0.6) is 5.75 Å². The van der Waals surface area contributed by atoms with E-state index in [4.69, 9.17) is 10.00 Å². The molecule has 0 aliphatic carbocycles. The van der Waals surface area contributed by atoms with Gasteiger partial charge >= 0.3 is 0 Å². The average molecular weight is 388 g/mol. The Hall–Kier alpha value is -3.51. The molecule has 0 bridgehead atoms. The predicted octanol–water partition coefficient (Wildman–Crippen LogP) is 3.77. The molecule has 0 atom stereocenters. The van der Waals surface area contributed by atoms with Gasteiger partial charge in [-0.3, -0.25) is 4.79 Å². The normalized spacial score (nSPS) is 14.9. The number of nitrogens with zero attached hydrogens (tertiary/aromatic N) is 4. The van der Waals surface area contributed by atoms with Crippen molar-refractivity contribution in [2.24, 2.45) is 5.92 Å². The van der Waals surface area contributed by atoms with Crippen molar-refractivity contribution in [3.8, 4) is 23.6 Å². The van der Waals surface area contributed by atoms with E-state index in [2.05, 4.69) is 16.7 Å². The van der Waals surface area contributed by atoms with E-state index in [0.29, 0.717) is 25.9 Å². The molecule has 0 saturated carbocycles. The number of hydrogen-bond donors (Lipinski definition) is 0. The van der Waals surface area contributed by atoms with Crippen LogP contribution in [0.1, 0.15) is 29.8 Å². The molecular weight excluding hydrogens is 364 g/mol. The Morgan fingerprint density at radius 2 is 1.83 bits per heavy atom. The highest BCUT2D eigenvalue weighted by Gasteiger charge is 2.25. The summed E-state index contributed by atoms with van der Waals surface area (Å²) in [5.74, 6) is 0.518. The van der Waals surface area contributed by atoms with Crippen LogP contribution in [0.25, 0.3) is 11.8 Å². The first-order valence-electron chi connectivity index (χ1n) is 9.62. The predicted molar refractivity (Wildman–Crippen MR) is 110 cm³/mol. The number of benzene rings is 1. The van der Waals surface area contributed by atoms with Crippen molar-refractivity contribution in [2.75, 3.05) is 20.2 Å². The summed E-state index contributed by atoms with van der Waals surface area (Å²) in [7, 11) is 1.63. The number of aryl methyl sites for hydroxylation is 1. The third-order valence-electron chi connectivity index (χ3n) is 5.42. The van der Waals surface area contributed by atoms with Gasteiger partial charge in [0.15, 0.2) is 0 Å². The molecule has 3 rings (SSSR count). The van der Waals surface area contributed by atoms with Crippen molar-refractivity contribution in [3.63, 3.8) is 0 Å². The van der Waals surface area contributed by atoms with E-state index in [1.54, 1.807) is 18.1 Å². The topological polar surface area (TPSA) is 82.1 Å². The second kappa shape index (κ2) is 8.67. The largest absolute Gasteiger partial charge is 0.497 e. The molecule has 2 heterocycles. The number of rotatable bonds is 4. The van der Waals surface area contributed by atoms with Gasteiger partial charge in [-0.15, -0.1) is 0 Å². The summed E-state index contributed by atoms with van der Waals surface area (Å²) >= 11 is 0. The monoisotopic (exact) mass is 388 g/mol. The molecule has 1 aromatic heterocycles. The molecule has 1 saturated heterocycles. The fourth-order valence-corrected chi connectivity index (χ4v) is 3.74. The van der Waals surface area contributed by atoms with E-state index in [1.807, 2.05) is 44.2 Å². The number of aromatic nitrogens is 1. The van der Waals surface area contributed by atoms with Gasteiger partial charge in [0.05, 0.1) is 13.2 Å². The van der Waals surface area contributed by atoms with E-state index in [9.17, 15) is 10.1 Å². The second-order valence-electron chi connectivity index (χ2n) is 7.23. The van der Waals surface area contributed by atoms with Crippen molar-refractivity contribution < 1.29 is 9.53 Å². The zero-order valence-corrected chi connectivity index (χ0v) is 17.0. The van der Waals surface area contributed by atoms with Gasteiger partial charge in [-0.05, 0) is 68.7 Å². The van der Waals surface area contributed by atoms with Crippen molar-refractivity contribution in [2.45, 2.75) is 26.7 Å². The van der Waals surface area contributed by atoms with Gasteiger partial charge < -0.3 is 14.2 Å². The number of likely N-dealkylation sites (tertiary alicyclic amines) is 1. The van der Waals surface area contributed by atoms with E-state index < -0.39 is 0 Å². The summed E-state index contributed by atoms with van der Waals surface area (Å²) in [5, 5.41) is 18.6. The second-order valence-corrected chi connectivity index (χ2v) is 7.23. The molecule has 1 aromatic carbocycles. The molecule has 29 heavy (non-hydrogen) atoms. The minimum atomic E-state index is -0.266. The molecule has 0 N–H and O–H groups in total. The van der Waals surface area contributed by atoms with Crippen LogP contribution in [0.3, 0.4) is 0 Å². The van der Waals surface area contributed by atoms with E-state index >= 15 is 0 Å². The fourth-order valence-electron chi connectivity index (χ4n) is 3.74. The molecule has 0 spiro atoms. The number of hydrogen-bond acceptors (Lipinski definition) is 4. The SMILES string of the molecule is COc1ccc(-n2c(C)cc(/C=C(/C#N)C(=O)N3CCC(C#N)CC3)c2C)cc1. The van der Waals surface area contributed by atoms with Crippen LogP contribution in [-0.2, 0) is 4.79 Å². The third kappa shape index (κ3) is 4.17. The van der Waals surface area contributed by atoms with Crippen molar-refractivity contribution >= 4 is 12.0 Å². The highest BCUT2D eigenvalue weighted by Crippen LogP contribution is 2.25. The molecule has 6 nitrogen and oxygen atoms in total. The van der Waals surface area contributed by atoms with Crippen LogP contribution in [0.4, 0.5) is 0 Å². The molecular formula is C23H24N4O2. The summed E-state index contributed by atoms with van der Waals surface area (Å²) in [6, 6.07) is 14.1. The minimum absolute atomic E-state index is 0.00279. The zero-order chi connectivity index (χ0) is 21.0. The number of nitriles is 2. The summed E-state index contributed by atoms with van der Waals surface area (Å²) in [5.41, 5.74) is 3.92. The molecule has 0 radical (unpaired) electrons. The van der Waals surface area contributed by atoms with Gasteiger partial charge in [0.1, 0.15) is 17.4 Å². The van der Waals surface area contributed by atoms with Crippen molar-refractivity contribution in [1.29, 1.82) is 10.5 Å². The van der Waals surface area contributed by atoms with E-state index in [-0.39, 0.29) is 17.4 Å². The Morgan fingerprint density at radius 3 is 2.38 bits per heavy atom. The number of methoxy groups -OCH3 is 1. The lowest BCUT2D eigenvalue weighted by molar-refractivity contribution is -0.127. The van der Waals surface area contributed by atoms with E-state index in [0.717, 1.165) is 28.4 Å². The maximum absolute atomic E-state index is 12.8. The molecule has 6 heteroatoms. The average Bonchev–Trinajstić information content (AvgIpc) is 3.04. The quantitative estimate of drug-likeness (QED) is 0.590. The smallest absolute Gasteiger partial charge is 0.264 e. The van der Waals surface area contributed by atoms with Gasteiger partial charge in [-0.2, -0.15) is 10.5 Å². The molecule has 148 valence electrons. The van der Waals surface area contributed by atoms with Crippen LogP contribution in [0, 0.1) is 42.4 Å². The summed E-state index contributed by atoms with van der Waals surface area (Å²) in [4.78, 5) is 14.5. The first kappa shape index (κ1) is 20.2. The first-order chi connectivity index (χ1) is 14.0. The zero-order valence-electron chi connectivity index (χ0n) is 17.0. The highest BCUT2D eigenvalue weighted by molar-refractivity contribution is 6.01. The minimum Gasteiger partial charge on any atom is -0.497 e. The number of piperidine rings is 1. The van der Waals surface area contributed by atoms with Crippen LogP contribution >= 0.6 is 0 Å². The summed E-state index contributed by atoms with van der Waals surface area (Å²) in [6.07, 6.45) is 2.99. The van der Waals surface area contributed by atoms with Gasteiger partial charge in [0.25, 0.3) is 5.91 Å². The summed E-state index contributed by atoms with van der Waals surface area (Å²) < 4.78 is 7.31. The number of ether oxygens (including phenoxy) is 1. The van der Waals surface area contributed by atoms with Crippen molar-refractivity contribution in [3.05, 3.63) is 52.9 Å². The maximum Gasteiger partial charge on any atom is 0.264 e. The number of amides is 1. The Morgan fingerprint density at radius 1 is 1.17 bits per heavy atom. The first-order valence-corrected chi connectivity index (χ1v) is 9.62. The standard InChI is InChI=1S/C23H24N4O2/c1-16-12-19(17(2)27(16)21-4-6-22(29-3)7-5-21)13-20(15-25)23(28)26-10-8-18(14-24)9-11-26/h4-7,12-13,18H,8-11H2,1-3H3/b20-13-. The van der Waals surface area contributed by atoms with Crippen LogP contribution < -0.4 is 4.74 Å². The Balaban J connectivity index is 1.88. The molecule has 1 amide bonds. The van der Waals surface area contributed by atoms with Crippen LogP contribution in [-0.4, -0.2) is 35.6 Å². The lowest BCUT2D eigenvalue weighted by atomic mass is 9.98. The Labute approximate surface area is 171 Å². The molecule has 1 fully saturated rings. The maximum atomic E-state index is 12.8. The van der Waals surface area contributed by atoms with Crippen LogP contribution in [0.2, 0.25) is 0 Å². The lowest BCUT2D eigenvalue weighted by Crippen LogP contribution is -2.38. The van der Waals surface area contributed by atoms with Gasteiger partial charge in [-0.1, -0.05) is 0 Å². The molecule has 0 unspecified atom stereocenters. The molecule has 1 aliphatic rings. The Bertz CT molecular complexity index is 1010. The number of carbonyl (C=O) groups is 1. The van der Waals surface area contributed by atoms with Crippen LogP contribution in [0.15, 0.2) is 35.9 Å². The lowest BCUT2D eigenvalue weighted by Gasteiger charge is -2.28. The van der Waals surface area contributed by atoms with Gasteiger partial charge in [0, 0.05) is 36.1 Å². The van der Waals surface area contributed by atoms with Crippen molar-refractivity contribution in [1.82, 2.24) is 9.47 Å². The third-order valence-corrected chi connectivity index (χ3v) is 5.42. The van der Waals surface area contributed by atoms with Gasteiger partial charge in [-0.25, -0.2) is 0 Å². The Kier molecular flexibility index (Phi) is 6.04. The van der Waals surface area contributed by atoms with E-state index in [1.165, 1.54) is 0 Å². The molecule has 1 aliphatic heterocycles. The molecule has 2 aromatic rings. The van der Waals surface area contributed by atoms with Gasteiger partial charge in [0.2, 0.25) is 0 Å². The number of carbonyl (C=O) groups excluding carboxylic acids is 1.